The summed E-state index contributed by atoms with van der Waals surface area (Å²) in [6.45, 7) is 12.0. The maximum absolute atomic E-state index is 5.83. The Kier molecular flexibility index (Phi) is 4.76. The third-order valence-electron chi connectivity index (χ3n) is 2.26. The Morgan fingerprint density at radius 1 is 1.50 bits per heavy atom. The van der Waals surface area contributed by atoms with E-state index in [9.17, 15) is 0 Å². The molecule has 102 valence electrons. The number of aromatic nitrogens is 2. The third kappa shape index (κ3) is 5.21. The third-order valence-corrected chi connectivity index (χ3v) is 2.26. The van der Waals surface area contributed by atoms with Crippen molar-refractivity contribution >= 4 is 5.96 Å². The summed E-state index contributed by atoms with van der Waals surface area (Å²) < 4.78 is 2.12. The summed E-state index contributed by atoms with van der Waals surface area (Å²) in [7, 11) is 0. The van der Waals surface area contributed by atoms with E-state index in [1.165, 1.54) is 0 Å². The van der Waals surface area contributed by atoms with E-state index in [2.05, 4.69) is 54.5 Å². The van der Waals surface area contributed by atoms with E-state index >= 15 is 0 Å². The Labute approximate surface area is 110 Å². The number of nitrogens with zero attached hydrogens (tertiary/aromatic N) is 3. The average molecular weight is 251 g/mol. The number of guanidine groups is 1. The molecule has 0 atom stereocenters. The Balaban J connectivity index is 2.63. The predicted octanol–water partition coefficient (Wildman–Crippen LogP) is 1.74. The molecule has 0 amide bonds. The van der Waals surface area contributed by atoms with Crippen molar-refractivity contribution < 1.29 is 0 Å². The molecule has 1 aromatic rings. The highest BCUT2D eigenvalue weighted by molar-refractivity contribution is 5.78. The van der Waals surface area contributed by atoms with Gasteiger partial charge in [-0.15, -0.1) is 0 Å². The van der Waals surface area contributed by atoms with Crippen LogP contribution in [0.5, 0.6) is 0 Å². The first-order chi connectivity index (χ1) is 8.28. The van der Waals surface area contributed by atoms with Crippen LogP contribution in [-0.4, -0.2) is 21.0 Å². The quantitative estimate of drug-likeness (QED) is 0.632. The molecule has 1 rings (SSSR count). The molecule has 0 unspecified atom stereocenters. The van der Waals surface area contributed by atoms with Crippen LogP contribution in [-0.2, 0) is 13.1 Å². The number of nitrogens with two attached hydrogens (primary N) is 1. The average Bonchev–Trinajstić information content (AvgIpc) is 2.58. The van der Waals surface area contributed by atoms with Crippen LogP contribution in [0.1, 0.15) is 40.4 Å². The second kappa shape index (κ2) is 5.89. The van der Waals surface area contributed by atoms with E-state index in [1.807, 2.05) is 6.20 Å². The van der Waals surface area contributed by atoms with Gasteiger partial charge in [0.2, 0.25) is 0 Å². The maximum atomic E-state index is 5.83. The van der Waals surface area contributed by atoms with Crippen LogP contribution in [0, 0.1) is 5.92 Å². The molecule has 18 heavy (non-hydrogen) atoms. The summed E-state index contributed by atoms with van der Waals surface area (Å²) >= 11 is 0. The van der Waals surface area contributed by atoms with Gasteiger partial charge < -0.3 is 15.6 Å². The standard InChI is InChI=1S/C13H25N5/c1-10(2)9-18-7-6-15-11(18)8-16-12(14)17-13(3,4)5/h6-7,10H,8-9H2,1-5H3,(H3,14,16,17). The van der Waals surface area contributed by atoms with Crippen LogP contribution >= 0.6 is 0 Å². The number of aliphatic imine (C=N–C) groups is 1. The molecule has 1 aromatic heterocycles. The molecule has 0 aliphatic rings. The molecule has 0 bridgehead atoms. The van der Waals surface area contributed by atoms with Crippen molar-refractivity contribution in [3.8, 4) is 0 Å². The fourth-order valence-electron chi connectivity index (χ4n) is 1.63. The molecule has 0 saturated heterocycles. The molecule has 1 heterocycles. The van der Waals surface area contributed by atoms with Gasteiger partial charge in [-0.25, -0.2) is 9.98 Å². The molecular weight excluding hydrogens is 226 g/mol. The van der Waals surface area contributed by atoms with E-state index in [1.54, 1.807) is 6.20 Å². The van der Waals surface area contributed by atoms with E-state index in [4.69, 9.17) is 5.73 Å². The van der Waals surface area contributed by atoms with Gasteiger partial charge in [0.15, 0.2) is 5.96 Å². The molecule has 3 N–H and O–H groups in total. The Bertz CT molecular complexity index is 398. The van der Waals surface area contributed by atoms with Crippen LogP contribution in [0.2, 0.25) is 0 Å². The summed E-state index contributed by atoms with van der Waals surface area (Å²) in [6, 6.07) is 0. The van der Waals surface area contributed by atoms with Gasteiger partial charge in [0.1, 0.15) is 12.4 Å². The second-order valence-corrected chi connectivity index (χ2v) is 5.97. The highest BCUT2D eigenvalue weighted by atomic mass is 15.1. The lowest BCUT2D eigenvalue weighted by molar-refractivity contribution is 0.501. The second-order valence-electron chi connectivity index (χ2n) is 5.97. The van der Waals surface area contributed by atoms with Gasteiger partial charge in [-0.05, 0) is 26.7 Å². The SMILES string of the molecule is CC(C)Cn1ccnc1CN=C(N)NC(C)(C)C. The zero-order valence-electron chi connectivity index (χ0n) is 12.1. The first-order valence-corrected chi connectivity index (χ1v) is 6.36. The van der Waals surface area contributed by atoms with Crippen LogP contribution in [0.3, 0.4) is 0 Å². The predicted molar refractivity (Wildman–Crippen MR) is 75.3 cm³/mol. The minimum Gasteiger partial charge on any atom is -0.370 e. The minimum absolute atomic E-state index is 0.0685. The van der Waals surface area contributed by atoms with Gasteiger partial charge in [0.25, 0.3) is 0 Å². The molecule has 0 aliphatic heterocycles. The Morgan fingerprint density at radius 2 is 2.17 bits per heavy atom. The van der Waals surface area contributed by atoms with Gasteiger partial charge in [0.05, 0.1) is 0 Å². The number of rotatable bonds is 4. The van der Waals surface area contributed by atoms with Gasteiger partial charge in [-0.2, -0.15) is 0 Å². The lowest BCUT2D eigenvalue weighted by Gasteiger charge is -2.21. The van der Waals surface area contributed by atoms with Crippen molar-refractivity contribution in [3.05, 3.63) is 18.2 Å². The molecular formula is C13H25N5. The number of hydrogen-bond donors (Lipinski definition) is 2. The molecule has 0 spiro atoms. The van der Waals surface area contributed by atoms with Crippen molar-refractivity contribution in [2.45, 2.75) is 53.2 Å². The van der Waals surface area contributed by atoms with Crippen LogP contribution in [0.15, 0.2) is 17.4 Å². The highest BCUT2D eigenvalue weighted by Gasteiger charge is 2.10. The molecule has 0 fully saturated rings. The summed E-state index contributed by atoms with van der Waals surface area (Å²) in [5, 5.41) is 3.13. The smallest absolute Gasteiger partial charge is 0.189 e. The highest BCUT2D eigenvalue weighted by Crippen LogP contribution is 2.05. The van der Waals surface area contributed by atoms with Gasteiger partial charge >= 0.3 is 0 Å². The largest absolute Gasteiger partial charge is 0.370 e. The molecule has 5 heteroatoms. The summed E-state index contributed by atoms with van der Waals surface area (Å²) in [5.41, 5.74) is 5.76. The van der Waals surface area contributed by atoms with E-state index in [0.717, 1.165) is 12.4 Å². The lowest BCUT2D eigenvalue weighted by Crippen LogP contribution is -2.45. The fourth-order valence-corrected chi connectivity index (χ4v) is 1.63. The number of nitrogens with one attached hydrogen (secondary N) is 1. The zero-order chi connectivity index (χ0) is 13.8. The van der Waals surface area contributed by atoms with Gasteiger partial charge in [-0.3, -0.25) is 0 Å². The zero-order valence-corrected chi connectivity index (χ0v) is 12.1. The first-order valence-electron chi connectivity index (χ1n) is 6.36. The first kappa shape index (κ1) is 14.5. The molecule has 0 aromatic carbocycles. The lowest BCUT2D eigenvalue weighted by atomic mass is 10.1. The van der Waals surface area contributed by atoms with Gasteiger partial charge in [-0.1, -0.05) is 13.8 Å². The van der Waals surface area contributed by atoms with Crippen molar-refractivity contribution in [1.82, 2.24) is 14.9 Å². The summed E-state index contributed by atoms with van der Waals surface area (Å²) in [5.74, 6) is 2.00. The molecule has 0 radical (unpaired) electrons. The minimum atomic E-state index is -0.0685. The van der Waals surface area contributed by atoms with E-state index in [0.29, 0.717) is 18.4 Å². The van der Waals surface area contributed by atoms with Crippen LogP contribution in [0.25, 0.3) is 0 Å². The van der Waals surface area contributed by atoms with E-state index in [-0.39, 0.29) is 5.54 Å². The van der Waals surface area contributed by atoms with E-state index < -0.39 is 0 Å². The van der Waals surface area contributed by atoms with Crippen molar-refractivity contribution in [3.63, 3.8) is 0 Å². The van der Waals surface area contributed by atoms with Crippen LogP contribution in [0.4, 0.5) is 0 Å². The van der Waals surface area contributed by atoms with Crippen molar-refractivity contribution in [1.29, 1.82) is 0 Å². The Hall–Kier alpha value is -1.52. The Morgan fingerprint density at radius 3 is 2.72 bits per heavy atom. The monoisotopic (exact) mass is 251 g/mol. The molecule has 0 saturated carbocycles. The number of imidazole rings is 1. The van der Waals surface area contributed by atoms with Gasteiger partial charge in [0, 0.05) is 24.5 Å². The topological polar surface area (TPSA) is 68.2 Å². The summed E-state index contributed by atoms with van der Waals surface area (Å²) in [6.07, 6.45) is 3.79. The van der Waals surface area contributed by atoms with Crippen molar-refractivity contribution in [2.24, 2.45) is 16.6 Å². The van der Waals surface area contributed by atoms with Crippen LogP contribution < -0.4 is 11.1 Å². The molecule has 0 aliphatic carbocycles. The normalized spacial score (nSPS) is 13.1. The fraction of sp³-hybridized carbons (Fsp3) is 0.692. The number of hydrogen-bond acceptors (Lipinski definition) is 2. The van der Waals surface area contributed by atoms with Crippen molar-refractivity contribution in [2.75, 3.05) is 0 Å². The summed E-state index contributed by atoms with van der Waals surface area (Å²) in [4.78, 5) is 8.63. The molecule has 5 nitrogen and oxygen atoms in total. The maximum Gasteiger partial charge on any atom is 0.189 e.